The zero-order chi connectivity index (χ0) is 24.4. The molecule has 0 bridgehead atoms. The monoisotopic (exact) mass is 490 g/mol. The molecule has 1 N–H and O–H groups in total. The third kappa shape index (κ3) is 5.52. The highest BCUT2D eigenvalue weighted by molar-refractivity contribution is 6.31. The molecule has 0 atom stereocenters. The van der Waals surface area contributed by atoms with E-state index in [1.807, 2.05) is 43.3 Å². The van der Waals surface area contributed by atoms with Crippen LogP contribution >= 0.6 is 11.6 Å². The van der Waals surface area contributed by atoms with Gasteiger partial charge < -0.3 is 15.1 Å². The molecular weight excluding hydrogens is 463 g/mol. The number of nitrogens with one attached hydrogen (secondary N) is 1. The molecular formula is C27H28ClFN6. The molecule has 1 fully saturated rings. The van der Waals surface area contributed by atoms with Gasteiger partial charge in [0.15, 0.2) is 0 Å². The Balaban J connectivity index is 1.32. The summed E-state index contributed by atoms with van der Waals surface area (Å²) in [6.45, 7) is 5.81. The van der Waals surface area contributed by atoms with Crippen molar-refractivity contribution in [2.45, 2.75) is 19.8 Å². The Morgan fingerprint density at radius 1 is 0.971 bits per heavy atom. The van der Waals surface area contributed by atoms with Gasteiger partial charge >= 0.3 is 0 Å². The van der Waals surface area contributed by atoms with E-state index >= 15 is 0 Å². The van der Waals surface area contributed by atoms with Gasteiger partial charge in [-0.2, -0.15) is 0 Å². The van der Waals surface area contributed by atoms with E-state index in [9.17, 15) is 4.39 Å². The van der Waals surface area contributed by atoms with Gasteiger partial charge in [0, 0.05) is 65.5 Å². The van der Waals surface area contributed by atoms with Crippen molar-refractivity contribution in [2.24, 2.45) is 0 Å². The predicted octanol–water partition coefficient (Wildman–Crippen LogP) is 5.41. The van der Waals surface area contributed by atoms with Gasteiger partial charge in [0.1, 0.15) is 5.82 Å². The molecule has 2 aromatic carbocycles. The average Bonchev–Trinajstić information content (AvgIpc) is 2.84. The van der Waals surface area contributed by atoms with Gasteiger partial charge in [0.05, 0.1) is 5.52 Å². The molecule has 8 heteroatoms. The first-order valence-corrected chi connectivity index (χ1v) is 12.2. The van der Waals surface area contributed by atoms with Crippen LogP contribution in [-0.2, 0) is 12.8 Å². The first-order chi connectivity index (χ1) is 16.9. The summed E-state index contributed by atoms with van der Waals surface area (Å²) in [5, 5.41) is 5.01. The number of aromatic nitrogens is 3. The van der Waals surface area contributed by atoms with E-state index in [0.29, 0.717) is 23.4 Å². The Morgan fingerprint density at radius 2 is 1.80 bits per heavy atom. The number of hydrogen-bond acceptors (Lipinski definition) is 6. The molecule has 3 heterocycles. The number of pyridine rings is 1. The molecule has 1 saturated heterocycles. The smallest absolute Gasteiger partial charge is 0.225 e. The number of halogens is 2. The lowest BCUT2D eigenvalue weighted by atomic mass is 10.1. The van der Waals surface area contributed by atoms with E-state index in [4.69, 9.17) is 16.6 Å². The van der Waals surface area contributed by atoms with E-state index in [2.05, 4.69) is 32.1 Å². The number of piperazine rings is 1. The highest BCUT2D eigenvalue weighted by Crippen LogP contribution is 2.28. The number of likely N-dealkylation sites (N-methyl/N-ethyl adjacent to an activating group) is 1. The van der Waals surface area contributed by atoms with Gasteiger partial charge in [0.25, 0.3) is 0 Å². The quantitative estimate of drug-likeness (QED) is 0.390. The van der Waals surface area contributed by atoms with Crippen molar-refractivity contribution in [3.8, 4) is 0 Å². The standard InChI is InChI=1S/C27H28ClFN6/c1-18-15-21(33-27(31-18)35-13-11-34(2)12-14-35)5-3-19-16-22(6-8-24(19)29)32-25-9-10-30-26-17-20(28)4-7-23(25)26/h4,6-10,15-17H,3,5,11-14H2,1-2H3,(H,30,32). The Hall–Kier alpha value is -3.29. The largest absolute Gasteiger partial charge is 0.355 e. The number of fused-ring (bicyclic) bond motifs is 1. The minimum Gasteiger partial charge on any atom is -0.355 e. The van der Waals surface area contributed by atoms with Gasteiger partial charge in [-0.25, -0.2) is 14.4 Å². The second-order valence-electron chi connectivity index (χ2n) is 9.04. The van der Waals surface area contributed by atoms with Crippen molar-refractivity contribution < 1.29 is 4.39 Å². The molecule has 0 radical (unpaired) electrons. The van der Waals surface area contributed by atoms with Crippen LogP contribution in [0.1, 0.15) is 17.0 Å². The second kappa shape index (κ2) is 10.1. The van der Waals surface area contributed by atoms with Crippen LogP contribution in [0.3, 0.4) is 0 Å². The molecule has 5 rings (SSSR count). The summed E-state index contributed by atoms with van der Waals surface area (Å²) >= 11 is 6.11. The van der Waals surface area contributed by atoms with Crippen LogP contribution in [0.5, 0.6) is 0 Å². The van der Waals surface area contributed by atoms with Crippen LogP contribution in [0.4, 0.5) is 21.7 Å². The van der Waals surface area contributed by atoms with Crippen LogP contribution < -0.4 is 10.2 Å². The van der Waals surface area contributed by atoms with Crippen LogP contribution in [0, 0.1) is 12.7 Å². The van der Waals surface area contributed by atoms with Crippen LogP contribution in [0.2, 0.25) is 5.02 Å². The minimum absolute atomic E-state index is 0.216. The molecule has 0 saturated carbocycles. The number of anilines is 3. The molecule has 0 amide bonds. The lowest BCUT2D eigenvalue weighted by Gasteiger charge is -2.32. The molecule has 2 aromatic heterocycles. The fraction of sp³-hybridized carbons (Fsp3) is 0.296. The number of aryl methyl sites for hydroxylation is 3. The number of nitrogens with zero attached hydrogens (tertiary/aromatic N) is 5. The fourth-order valence-electron chi connectivity index (χ4n) is 4.39. The highest BCUT2D eigenvalue weighted by Gasteiger charge is 2.17. The molecule has 0 spiro atoms. The summed E-state index contributed by atoms with van der Waals surface area (Å²) in [7, 11) is 2.13. The Bertz CT molecular complexity index is 1350. The molecule has 6 nitrogen and oxygen atoms in total. The van der Waals surface area contributed by atoms with Gasteiger partial charge in [0.2, 0.25) is 5.95 Å². The van der Waals surface area contributed by atoms with Gasteiger partial charge in [-0.3, -0.25) is 4.98 Å². The second-order valence-corrected chi connectivity index (χ2v) is 9.48. The van der Waals surface area contributed by atoms with Crippen molar-refractivity contribution in [2.75, 3.05) is 43.4 Å². The van der Waals surface area contributed by atoms with Crippen LogP contribution in [-0.4, -0.2) is 53.1 Å². The zero-order valence-electron chi connectivity index (χ0n) is 19.9. The summed E-state index contributed by atoms with van der Waals surface area (Å²) in [5.41, 5.74) is 5.04. The van der Waals surface area contributed by atoms with Crippen molar-refractivity contribution in [3.63, 3.8) is 0 Å². The van der Waals surface area contributed by atoms with E-state index in [1.165, 1.54) is 6.07 Å². The lowest BCUT2D eigenvalue weighted by molar-refractivity contribution is 0.311. The molecule has 180 valence electrons. The Labute approximate surface area is 209 Å². The molecule has 4 aromatic rings. The van der Waals surface area contributed by atoms with Crippen molar-refractivity contribution in [1.29, 1.82) is 0 Å². The van der Waals surface area contributed by atoms with E-state index in [0.717, 1.165) is 65.8 Å². The zero-order valence-corrected chi connectivity index (χ0v) is 20.7. The number of rotatable bonds is 6. The first-order valence-electron chi connectivity index (χ1n) is 11.8. The summed E-state index contributed by atoms with van der Waals surface area (Å²) < 4.78 is 14.7. The number of hydrogen-bond donors (Lipinski definition) is 1. The molecule has 0 unspecified atom stereocenters. The molecule has 35 heavy (non-hydrogen) atoms. The molecule has 1 aliphatic rings. The fourth-order valence-corrected chi connectivity index (χ4v) is 4.55. The topological polar surface area (TPSA) is 57.2 Å². The van der Waals surface area contributed by atoms with Crippen molar-refractivity contribution in [1.82, 2.24) is 19.9 Å². The third-order valence-electron chi connectivity index (χ3n) is 6.36. The van der Waals surface area contributed by atoms with Gasteiger partial charge in [-0.15, -0.1) is 0 Å². The minimum atomic E-state index is -0.216. The van der Waals surface area contributed by atoms with Crippen molar-refractivity contribution in [3.05, 3.63) is 82.5 Å². The maximum absolute atomic E-state index is 14.7. The third-order valence-corrected chi connectivity index (χ3v) is 6.60. The van der Waals surface area contributed by atoms with E-state index < -0.39 is 0 Å². The van der Waals surface area contributed by atoms with Crippen molar-refractivity contribution >= 4 is 39.8 Å². The van der Waals surface area contributed by atoms with E-state index in [-0.39, 0.29) is 5.82 Å². The maximum Gasteiger partial charge on any atom is 0.225 e. The number of benzene rings is 2. The van der Waals surface area contributed by atoms with E-state index in [1.54, 1.807) is 12.3 Å². The Kier molecular flexibility index (Phi) is 6.79. The lowest BCUT2D eigenvalue weighted by Crippen LogP contribution is -2.45. The predicted molar refractivity (Wildman–Crippen MR) is 140 cm³/mol. The normalized spacial score (nSPS) is 14.5. The molecule has 0 aliphatic carbocycles. The summed E-state index contributed by atoms with van der Waals surface area (Å²) in [5.74, 6) is 0.556. The average molecular weight is 491 g/mol. The molecule has 1 aliphatic heterocycles. The SMILES string of the molecule is Cc1cc(CCc2cc(Nc3ccnc4cc(Cl)ccc34)ccc2F)nc(N2CCN(C)CC2)n1. The van der Waals surface area contributed by atoms with Crippen LogP contribution in [0.15, 0.2) is 54.7 Å². The maximum atomic E-state index is 14.7. The summed E-state index contributed by atoms with van der Waals surface area (Å²) in [6.07, 6.45) is 2.93. The first kappa shape index (κ1) is 23.5. The van der Waals surface area contributed by atoms with Gasteiger partial charge in [-0.05, 0) is 80.9 Å². The van der Waals surface area contributed by atoms with Gasteiger partial charge in [-0.1, -0.05) is 11.6 Å². The highest BCUT2D eigenvalue weighted by atomic mass is 35.5. The summed E-state index contributed by atoms with van der Waals surface area (Å²) in [6, 6.07) is 14.6. The summed E-state index contributed by atoms with van der Waals surface area (Å²) in [4.78, 5) is 18.4. The van der Waals surface area contributed by atoms with Crippen LogP contribution in [0.25, 0.3) is 10.9 Å². The Morgan fingerprint density at radius 3 is 2.63 bits per heavy atom.